The molecule has 0 spiro atoms. The lowest BCUT2D eigenvalue weighted by atomic mass is 9.44. The van der Waals surface area contributed by atoms with Crippen LogP contribution in [0.25, 0.3) is 5.57 Å². The summed E-state index contributed by atoms with van der Waals surface area (Å²) in [4.78, 5) is 60.5. The van der Waals surface area contributed by atoms with Crippen LogP contribution >= 0.6 is 22.6 Å². The second-order valence-corrected chi connectivity index (χ2v) is 16.0. The summed E-state index contributed by atoms with van der Waals surface area (Å²) in [5, 5.41) is 12.0. The first-order valence-electron chi connectivity index (χ1n) is 18.5. The summed E-state index contributed by atoms with van der Waals surface area (Å²) in [6.07, 6.45) is 3.97. The summed E-state index contributed by atoms with van der Waals surface area (Å²) >= 11 is 2.19. The van der Waals surface area contributed by atoms with Gasteiger partial charge in [0.2, 0.25) is 11.8 Å². The minimum absolute atomic E-state index is 0.0827. The number of rotatable bonds is 7. The van der Waals surface area contributed by atoms with Crippen molar-refractivity contribution in [3.8, 4) is 11.5 Å². The zero-order valence-electron chi connectivity index (χ0n) is 29.7. The highest BCUT2D eigenvalue weighted by atomic mass is 127. The Balaban J connectivity index is 1.22. The molecular weight excluding hydrogens is 801 g/mol. The molecule has 9 rings (SSSR count). The number of allylic oxidation sites excluding steroid dienone is 4. The molecule has 1 N–H and O–H groups in total. The average Bonchev–Trinajstić information content (AvgIpc) is 3.48. The number of phenolic OH excluding ortho intramolecular Hbond substituents is 1. The van der Waals surface area contributed by atoms with E-state index in [0.717, 1.165) is 14.7 Å². The molecule has 7 nitrogen and oxygen atoms in total. The van der Waals surface area contributed by atoms with Gasteiger partial charge in [-0.3, -0.25) is 24.1 Å². The molecule has 5 aromatic carbocycles. The Hall–Kier alpha value is -5.61. The summed E-state index contributed by atoms with van der Waals surface area (Å²) in [7, 11) is 0. The van der Waals surface area contributed by atoms with E-state index in [4.69, 9.17) is 4.74 Å². The Morgan fingerprint density at radius 1 is 0.764 bits per heavy atom. The number of hydrogen-bond acceptors (Lipinski definition) is 6. The summed E-state index contributed by atoms with van der Waals surface area (Å²) in [5.41, 5.74) is 2.90. The number of anilines is 1. The van der Waals surface area contributed by atoms with E-state index in [2.05, 4.69) is 22.6 Å². The molecule has 1 saturated carbocycles. The Bertz CT molecular complexity index is 2410. The molecule has 1 heterocycles. The van der Waals surface area contributed by atoms with Gasteiger partial charge in [-0.1, -0.05) is 109 Å². The van der Waals surface area contributed by atoms with Crippen LogP contribution in [0.3, 0.4) is 0 Å². The monoisotopic (exact) mass is 837 g/mol. The second-order valence-electron chi connectivity index (χ2n) is 14.8. The molecule has 1 saturated heterocycles. The van der Waals surface area contributed by atoms with Crippen LogP contribution in [0.2, 0.25) is 0 Å². The van der Waals surface area contributed by atoms with E-state index in [9.17, 15) is 14.7 Å². The van der Waals surface area contributed by atoms with Gasteiger partial charge < -0.3 is 9.84 Å². The zero-order chi connectivity index (χ0) is 37.8. The highest BCUT2D eigenvalue weighted by molar-refractivity contribution is 14.1. The van der Waals surface area contributed by atoms with Crippen LogP contribution in [-0.2, 0) is 31.2 Å². The van der Waals surface area contributed by atoms with Gasteiger partial charge in [-0.25, -0.2) is 0 Å². The molecule has 3 aliphatic carbocycles. The van der Waals surface area contributed by atoms with Crippen LogP contribution in [0.5, 0.6) is 11.5 Å². The quantitative estimate of drug-likeness (QED) is 0.100. The van der Waals surface area contributed by atoms with Crippen molar-refractivity contribution in [2.75, 3.05) is 4.90 Å². The van der Waals surface area contributed by atoms with Crippen LogP contribution in [0, 0.1) is 27.2 Å². The van der Waals surface area contributed by atoms with Crippen molar-refractivity contribution in [3.05, 3.63) is 177 Å². The van der Waals surface area contributed by atoms with E-state index in [1.165, 1.54) is 11.0 Å². The largest absolute Gasteiger partial charge is 0.508 e. The third-order valence-electron chi connectivity index (χ3n) is 12.0. The maximum atomic E-state index is 15.3. The lowest BCUT2D eigenvalue weighted by Crippen LogP contribution is -2.58. The minimum atomic E-state index is -1.45. The number of aromatic hydroxyl groups is 1. The number of halogens is 1. The Morgan fingerprint density at radius 3 is 2.13 bits per heavy atom. The Kier molecular flexibility index (Phi) is 8.88. The van der Waals surface area contributed by atoms with Crippen molar-refractivity contribution >= 4 is 57.2 Å². The molecule has 2 amide bonds. The predicted octanol–water partition coefficient (Wildman–Crippen LogP) is 8.60. The number of amides is 2. The van der Waals surface area contributed by atoms with E-state index in [-0.39, 0.29) is 35.6 Å². The first kappa shape index (κ1) is 35.1. The fourth-order valence-corrected chi connectivity index (χ4v) is 10.0. The van der Waals surface area contributed by atoms with Crippen molar-refractivity contribution < 1.29 is 29.0 Å². The van der Waals surface area contributed by atoms with E-state index in [1.54, 1.807) is 30.3 Å². The summed E-state index contributed by atoms with van der Waals surface area (Å²) < 4.78 is 7.07. The summed E-state index contributed by atoms with van der Waals surface area (Å²) in [5.74, 6) is -4.29. The third-order valence-corrected chi connectivity index (χ3v) is 12.7. The van der Waals surface area contributed by atoms with E-state index < -0.39 is 35.0 Å². The molecule has 6 unspecified atom stereocenters. The van der Waals surface area contributed by atoms with Gasteiger partial charge in [0.15, 0.2) is 11.6 Å². The molecule has 4 aliphatic rings. The fourth-order valence-electron chi connectivity index (χ4n) is 9.66. The number of ketones is 2. The van der Waals surface area contributed by atoms with Gasteiger partial charge >= 0.3 is 0 Å². The zero-order valence-corrected chi connectivity index (χ0v) is 31.8. The van der Waals surface area contributed by atoms with Crippen LogP contribution in [0.15, 0.2) is 151 Å². The first-order valence-corrected chi connectivity index (χ1v) is 19.6. The summed E-state index contributed by atoms with van der Waals surface area (Å²) in [6, 6.07) is 40.7. The van der Waals surface area contributed by atoms with Crippen LogP contribution in [0.4, 0.5) is 5.69 Å². The van der Waals surface area contributed by atoms with Crippen LogP contribution in [0.1, 0.15) is 41.0 Å². The molecule has 8 heteroatoms. The number of carbonyl (C=O) groups is 4. The Morgan fingerprint density at radius 2 is 1.44 bits per heavy atom. The molecule has 0 radical (unpaired) electrons. The van der Waals surface area contributed by atoms with Crippen molar-refractivity contribution in [2.45, 2.75) is 30.8 Å². The molecule has 0 bridgehead atoms. The van der Waals surface area contributed by atoms with Crippen molar-refractivity contribution in [1.82, 2.24) is 0 Å². The molecule has 1 aliphatic heterocycles. The van der Waals surface area contributed by atoms with Crippen LogP contribution in [-0.4, -0.2) is 28.5 Å². The maximum absolute atomic E-state index is 15.3. The molecule has 272 valence electrons. The highest BCUT2D eigenvalue weighted by Gasteiger charge is 2.66. The van der Waals surface area contributed by atoms with Crippen molar-refractivity contribution in [3.63, 3.8) is 0 Å². The fraction of sp³-hybridized carbons (Fsp3) is 0.191. The number of Topliss-reactive ketones (excluding diaryl/α,β-unsaturated/α-hetero) is 1. The number of benzene rings is 5. The number of hydrogen-bond donors (Lipinski definition) is 1. The maximum Gasteiger partial charge on any atom is 0.238 e. The van der Waals surface area contributed by atoms with Gasteiger partial charge in [-0.2, -0.15) is 0 Å². The SMILES string of the molecule is O=C1C(c2ccccc2)=CC(=O)C2(c3ccccc3)C1CC1C(=CCC3C(=O)N(c4ccc(I)cc4)C(=O)C31)C2c1ccc(OCc2ccccc2)cc1O. The van der Waals surface area contributed by atoms with E-state index in [0.29, 0.717) is 46.7 Å². The number of phenols is 1. The van der Waals surface area contributed by atoms with Gasteiger partial charge in [0.1, 0.15) is 18.1 Å². The lowest BCUT2D eigenvalue weighted by molar-refractivity contribution is -0.135. The van der Waals surface area contributed by atoms with Gasteiger partial charge in [0.25, 0.3) is 0 Å². The first-order chi connectivity index (χ1) is 26.8. The normalized spacial score (nSPS) is 25.8. The lowest BCUT2D eigenvalue weighted by Gasteiger charge is -2.55. The Labute approximate surface area is 332 Å². The predicted molar refractivity (Wildman–Crippen MR) is 217 cm³/mol. The smallest absolute Gasteiger partial charge is 0.238 e. The van der Waals surface area contributed by atoms with Gasteiger partial charge in [-0.15, -0.1) is 0 Å². The molecule has 2 fully saturated rings. The molecule has 5 aromatic rings. The number of nitrogens with zero attached hydrogens (tertiary/aromatic N) is 1. The number of ether oxygens (including phenoxy) is 1. The van der Waals surface area contributed by atoms with E-state index >= 15 is 9.59 Å². The van der Waals surface area contributed by atoms with Gasteiger partial charge in [0.05, 0.1) is 22.9 Å². The molecule has 6 atom stereocenters. The highest BCUT2D eigenvalue weighted by Crippen LogP contribution is 2.64. The van der Waals surface area contributed by atoms with E-state index in [1.807, 2.05) is 109 Å². The molecule has 0 aromatic heterocycles. The number of imide groups is 1. The average molecular weight is 838 g/mol. The standard InChI is InChI=1S/C47H36INO6/c48-31-16-18-32(19-17-31)49-45(53)36-23-22-34-38(42(36)46(49)54)25-39-44(52)37(29-12-6-2-7-13-29)26-41(51)47(39,30-14-8-3-9-15-30)43(34)35-21-20-33(24-40(35)50)55-27-28-10-4-1-5-11-28/h1-22,24,26,36,38-39,42-43,50H,23,25,27H2. The van der Waals surface area contributed by atoms with Crippen molar-refractivity contribution in [1.29, 1.82) is 0 Å². The van der Waals surface area contributed by atoms with Crippen LogP contribution < -0.4 is 9.64 Å². The summed E-state index contributed by atoms with van der Waals surface area (Å²) in [6.45, 7) is 0.294. The number of fused-ring (bicyclic) bond motifs is 4. The van der Waals surface area contributed by atoms with Crippen molar-refractivity contribution in [2.24, 2.45) is 23.7 Å². The second kappa shape index (κ2) is 13.9. The van der Waals surface area contributed by atoms with Gasteiger partial charge in [-0.05, 0) is 94.4 Å². The molecule has 55 heavy (non-hydrogen) atoms. The van der Waals surface area contributed by atoms with Gasteiger partial charge in [0, 0.05) is 32.6 Å². The number of carbonyl (C=O) groups excluding carboxylic acids is 4. The molecular formula is C47H36INO6. The topological polar surface area (TPSA) is 101 Å². The third kappa shape index (κ3) is 5.68. The minimum Gasteiger partial charge on any atom is -0.508 e.